The van der Waals surface area contributed by atoms with E-state index in [4.69, 9.17) is 4.84 Å². The topological polar surface area (TPSA) is 29.5 Å². The Bertz CT molecular complexity index is 186. The Balaban J connectivity index is 2.33. The minimum atomic E-state index is -0.0408. The molecular weight excluding hydrogens is 178 g/mol. The van der Waals surface area contributed by atoms with E-state index >= 15 is 0 Å². The van der Waals surface area contributed by atoms with Crippen LogP contribution in [0.15, 0.2) is 0 Å². The van der Waals surface area contributed by atoms with Gasteiger partial charge in [0.25, 0.3) is 0 Å². The Labute approximate surface area is 86.4 Å². The molecule has 0 atom stereocenters. The maximum atomic E-state index is 11.6. The molecule has 0 saturated heterocycles. The molecule has 0 radical (unpaired) electrons. The van der Waals surface area contributed by atoms with E-state index in [-0.39, 0.29) is 17.9 Å². The molecule has 1 rings (SSSR count). The van der Waals surface area contributed by atoms with Crippen molar-refractivity contribution in [3.05, 3.63) is 0 Å². The highest BCUT2D eigenvalue weighted by Gasteiger charge is 2.24. The van der Waals surface area contributed by atoms with Crippen molar-refractivity contribution < 1.29 is 9.63 Å². The number of hydrogen-bond donors (Lipinski definition) is 0. The predicted molar refractivity (Wildman–Crippen MR) is 55.6 cm³/mol. The van der Waals surface area contributed by atoms with E-state index in [2.05, 4.69) is 0 Å². The van der Waals surface area contributed by atoms with E-state index < -0.39 is 0 Å². The van der Waals surface area contributed by atoms with E-state index in [0.29, 0.717) is 0 Å². The van der Waals surface area contributed by atoms with E-state index in [1.165, 1.54) is 19.3 Å². The lowest BCUT2D eigenvalue weighted by Gasteiger charge is -2.25. The highest BCUT2D eigenvalue weighted by Crippen LogP contribution is 2.24. The van der Waals surface area contributed by atoms with Crippen LogP contribution in [-0.4, -0.2) is 24.1 Å². The summed E-state index contributed by atoms with van der Waals surface area (Å²) in [4.78, 5) is 16.9. The van der Waals surface area contributed by atoms with Gasteiger partial charge in [0, 0.05) is 13.1 Å². The summed E-state index contributed by atoms with van der Waals surface area (Å²) in [6.45, 7) is 4.02. The Hall–Kier alpha value is -0.570. The third kappa shape index (κ3) is 3.29. The third-order valence-corrected chi connectivity index (χ3v) is 2.90. The zero-order chi connectivity index (χ0) is 10.6. The molecule has 0 aromatic heterocycles. The van der Waals surface area contributed by atoms with Gasteiger partial charge in [-0.25, -0.2) is 0 Å². The molecule has 1 fully saturated rings. The third-order valence-electron chi connectivity index (χ3n) is 2.90. The molecule has 0 heterocycles. The summed E-state index contributed by atoms with van der Waals surface area (Å²) in [6, 6.07) is 0.252. The fourth-order valence-corrected chi connectivity index (χ4v) is 1.66. The van der Waals surface area contributed by atoms with Gasteiger partial charge in [0.05, 0.1) is 5.92 Å². The van der Waals surface area contributed by atoms with Gasteiger partial charge in [-0.3, -0.25) is 4.79 Å². The first-order valence-electron chi connectivity index (χ1n) is 5.56. The van der Waals surface area contributed by atoms with Crippen molar-refractivity contribution in [1.82, 2.24) is 5.06 Å². The lowest BCUT2D eigenvalue weighted by molar-refractivity contribution is -0.197. The van der Waals surface area contributed by atoms with Gasteiger partial charge in [0.2, 0.25) is 0 Å². The molecule has 3 heteroatoms. The second kappa shape index (κ2) is 5.35. The van der Waals surface area contributed by atoms with Crippen LogP contribution in [0.3, 0.4) is 0 Å². The Morgan fingerprint density at radius 3 is 2.36 bits per heavy atom. The minimum Gasteiger partial charge on any atom is -0.368 e. The second-order valence-electron chi connectivity index (χ2n) is 4.39. The zero-order valence-corrected chi connectivity index (χ0v) is 9.45. The van der Waals surface area contributed by atoms with Crippen LogP contribution in [0.4, 0.5) is 0 Å². The number of rotatable bonds is 3. The average molecular weight is 199 g/mol. The summed E-state index contributed by atoms with van der Waals surface area (Å²) in [5.74, 6) is 0.103. The van der Waals surface area contributed by atoms with Gasteiger partial charge >= 0.3 is 5.97 Å². The molecule has 14 heavy (non-hydrogen) atoms. The largest absolute Gasteiger partial charge is 0.368 e. The van der Waals surface area contributed by atoms with Crippen LogP contribution in [0.1, 0.15) is 46.0 Å². The normalized spacial score (nSPS) is 18.9. The highest BCUT2D eigenvalue weighted by molar-refractivity contribution is 5.72. The number of carbonyl (C=O) groups is 1. The maximum absolute atomic E-state index is 11.6. The number of hydrogen-bond acceptors (Lipinski definition) is 3. The summed E-state index contributed by atoms with van der Waals surface area (Å²) < 4.78 is 0. The molecule has 0 N–H and O–H groups in total. The quantitative estimate of drug-likeness (QED) is 0.653. The lowest BCUT2D eigenvalue weighted by Crippen LogP contribution is -2.33. The van der Waals surface area contributed by atoms with Crippen molar-refractivity contribution >= 4 is 5.97 Å². The van der Waals surface area contributed by atoms with E-state index in [1.807, 2.05) is 20.9 Å². The van der Waals surface area contributed by atoms with E-state index in [0.717, 1.165) is 12.8 Å². The molecule has 0 unspecified atom stereocenters. The van der Waals surface area contributed by atoms with Crippen LogP contribution in [0.25, 0.3) is 0 Å². The molecule has 1 aliphatic carbocycles. The van der Waals surface area contributed by atoms with Crippen LogP contribution in [0.5, 0.6) is 0 Å². The molecule has 1 aliphatic rings. The number of hydroxylamine groups is 2. The van der Waals surface area contributed by atoms with Crippen molar-refractivity contribution in [3.8, 4) is 0 Å². The van der Waals surface area contributed by atoms with Gasteiger partial charge in [-0.05, 0) is 26.7 Å². The highest BCUT2D eigenvalue weighted by atomic mass is 16.7. The van der Waals surface area contributed by atoms with Crippen molar-refractivity contribution in [3.63, 3.8) is 0 Å². The Kier molecular flexibility index (Phi) is 4.39. The van der Waals surface area contributed by atoms with Crippen LogP contribution in [0.2, 0.25) is 0 Å². The fourth-order valence-electron chi connectivity index (χ4n) is 1.66. The summed E-state index contributed by atoms with van der Waals surface area (Å²) in [6.07, 6.45) is 5.62. The number of carbonyl (C=O) groups excluding carboxylic acids is 1. The number of nitrogens with zero attached hydrogens (tertiary/aromatic N) is 1. The Morgan fingerprint density at radius 2 is 1.86 bits per heavy atom. The van der Waals surface area contributed by atoms with Crippen molar-refractivity contribution in [2.75, 3.05) is 7.05 Å². The Morgan fingerprint density at radius 1 is 1.29 bits per heavy atom. The first kappa shape index (κ1) is 11.5. The van der Waals surface area contributed by atoms with E-state index in [1.54, 1.807) is 5.06 Å². The molecule has 0 amide bonds. The summed E-state index contributed by atoms with van der Waals surface area (Å²) in [5.41, 5.74) is 0. The molecule has 0 aliphatic heterocycles. The zero-order valence-electron chi connectivity index (χ0n) is 9.45. The average Bonchev–Trinajstić information content (AvgIpc) is 2.19. The molecule has 0 aromatic rings. The minimum absolute atomic E-state index is 0.0408. The van der Waals surface area contributed by atoms with Crippen LogP contribution in [-0.2, 0) is 9.63 Å². The molecular formula is C11H21NO2. The van der Waals surface area contributed by atoms with Crippen LogP contribution < -0.4 is 0 Å². The first-order chi connectivity index (χ1) is 6.61. The van der Waals surface area contributed by atoms with Gasteiger partial charge in [0.1, 0.15) is 0 Å². The lowest BCUT2D eigenvalue weighted by atomic mass is 9.89. The molecule has 0 bridgehead atoms. The summed E-state index contributed by atoms with van der Waals surface area (Å²) in [7, 11) is 1.81. The summed E-state index contributed by atoms with van der Waals surface area (Å²) >= 11 is 0. The van der Waals surface area contributed by atoms with Gasteiger partial charge in [0.15, 0.2) is 0 Å². The molecule has 1 saturated carbocycles. The smallest absolute Gasteiger partial charge is 0.328 e. The fraction of sp³-hybridized carbons (Fsp3) is 0.909. The SMILES string of the molecule is CC(C)N(C)OC(=O)C1CCCCC1. The maximum Gasteiger partial charge on any atom is 0.328 e. The standard InChI is InChI=1S/C11H21NO2/c1-9(2)12(3)14-11(13)10-7-5-4-6-8-10/h9-10H,4-8H2,1-3H3. The molecule has 0 aromatic carbocycles. The molecule has 3 nitrogen and oxygen atoms in total. The van der Waals surface area contributed by atoms with Crippen molar-refractivity contribution in [2.24, 2.45) is 5.92 Å². The van der Waals surface area contributed by atoms with Crippen LogP contribution in [0, 0.1) is 5.92 Å². The monoisotopic (exact) mass is 199 g/mol. The predicted octanol–water partition coefficient (Wildman–Crippen LogP) is 2.37. The van der Waals surface area contributed by atoms with Gasteiger partial charge in [-0.1, -0.05) is 19.3 Å². The first-order valence-corrected chi connectivity index (χ1v) is 5.56. The van der Waals surface area contributed by atoms with Crippen molar-refractivity contribution in [2.45, 2.75) is 52.0 Å². The molecule has 0 spiro atoms. The molecule has 82 valence electrons. The summed E-state index contributed by atoms with van der Waals surface area (Å²) in [5, 5.41) is 1.64. The van der Waals surface area contributed by atoms with Gasteiger partial charge < -0.3 is 4.84 Å². The van der Waals surface area contributed by atoms with Gasteiger partial charge in [-0.2, -0.15) is 0 Å². The van der Waals surface area contributed by atoms with E-state index in [9.17, 15) is 4.79 Å². The van der Waals surface area contributed by atoms with Crippen molar-refractivity contribution in [1.29, 1.82) is 0 Å². The second-order valence-corrected chi connectivity index (χ2v) is 4.39. The van der Waals surface area contributed by atoms with Crippen LogP contribution >= 0.6 is 0 Å². The van der Waals surface area contributed by atoms with Gasteiger partial charge in [-0.15, -0.1) is 5.06 Å².